The zero-order chi connectivity index (χ0) is 32.3. The molecule has 0 aliphatic heterocycles. The molecule has 2 aromatic carbocycles. The molecule has 0 aliphatic rings. The highest BCUT2D eigenvalue weighted by Gasteiger charge is 2.51. The van der Waals surface area contributed by atoms with Gasteiger partial charge >= 0.3 is 24.4 Å². The minimum Gasteiger partial charge on any atom is -0.506 e. The molecule has 0 spiro atoms. The van der Waals surface area contributed by atoms with Gasteiger partial charge in [-0.3, -0.25) is 14.4 Å². The second kappa shape index (κ2) is 12.2. The summed E-state index contributed by atoms with van der Waals surface area (Å²) in [6, 6.07) is 5.32. The topological polar surface area (TPSA) is 153 Å². The zero-order valence-electron chi connectivity index (χ0n) is 22.4. The number of phenolic OH excluding ortho intramolecular Hbond substituents is 1. The number of ether oxygens (including phenoxy) is 1. The molecule has 0 bridgehead atoms. The summed E-state index contributed by atoms with van der Waals surface area (Å²) in [5.74, 6) is -2.17. The van der Waals surface area contributed by atoms with Crippen molar-refractivity contribution < 1.29 is 64.4 Å². The molecule has 0 saturated carbocycles. The highest BCUT2D eigenvalue weighted by atomic mass is 32.2. The van der Waals surface area contributed by atoms with Crippen LogP contribution in [-0.4, -0.2) is 60.7 Å². The number of aliphatic hydroxyl groups excluding tert-OH is 1. The Kier molecular flexibility index (Phi) is 10.1. The molecule has 1 amide bonds. The summed E-state index contributed by atoms with van der Waals surface area (Å²) in [5, 5.41) is 31.4. The fourth-order valence-corrected chi connectivity index (χ4v) is 4.99. The van der Waals surface area contributed by atoms with Crippen molar-refractivity contribution in [1.82, 2.24) is 0 Å². The van der Waals surface area contributed by atoms with Gasteiger partial charge in [0, 0.05) is 12.2 Å². The number of halogens is 6. The Labute approximate surface area is 236 Å². The first kappa shape index (κ1) is 34.5. The van der Waals surface area contributed by atoms with Gasteiger partial charge in [-0.05, 0) is 70.0 Å². The highest BCUT2D eigenvalue weighted by Crippen LogP contribution is 2.38. The normalized spacial score (nSPS) is 14.1. The van der Waals surface area contributed by atoms with Gasteiger partial charge in [-0.1, -0.05) is 6.07 Å². The van der Waals surface area contributed by atoms with E-state index in [1.54, 1.807) is 0 Å². The molecule has 0 aromatic heterocycles. The lowest BCUT2D eigenvalue weighted by molar-refractivity contribution is -0.242. The average molecular weight is 631 g/mol. The van der Waals surface area contributed by atoms with Crippen molar-refractivity contribution in [3.63, 3.8) is 0 Å². The Morgan fingerprint density at radius 1 is 1.00 bits per heavy atom. The van der Waals surface area contributed by atoms with E-state index in [0.717, 1.165) is 30.3 Å². The van der Waals surface area contributed by atoms with Gasteiger partial charge in [0.25, 0.3) is 10.0 Å². The lowest BCUT2D eigenvalue weighted by Crippen LogP contribution is -2.44. The Balaban J connectivity index is 2.56. The number of aliphatic hydroxyl groups is 1. The Morgan fingerprint density at radius 3 is 2.14 bits per heavy atom. The standard InChI is InChI=1S/C25H28F6N2O8S/c1-22(2,25(29,30)31)41-21(38)32-16-8-9-19(35)18(13-16)33(11-5-10-23(3,14-34)20(36)37)42(39,40)17-7-4-6-15(12-17)24(26,27)28/h4,6-9,12-13,34-35H,5,10-11,14H2,1-3H3,(H,32,38)(H,36,37). The van der Waals surface area contributed by atoms with Gasteiger partial charge < -0.3 is 20.1 Å². The Hall–Kier alpha value is -3.73. The zero-order valence-corrected chi connectivity index (χ0v) is 23.2. The number of nitrogens with one attached hydrogen (secondary N) is 1. The number of sulfonamides is 1. The Morgan fingerprint density at radius 2 is 1.62 bits per heavy atom. The number of carbonyl (C=O) groups is 2. The lowest BCUT2D eigenvalue weighted by atomic mass is 9.86. The van der Waals surface area contributed by atoms with Crippen LogP contribution in [0.1, 0.15) is 39.2 Å². The number of carbonyl (C=O) groups excluding carboxylic acids is 1. The van der Waals surface area contributed by atoms with Gasteiger partial charge in [-0.25, -0.2) is 13.2 Å². The first-order valence-corrected chi connectivity index (χ1v) is 13.4. The number of alkyl halides is 6. The third-order valence-electron chi connectivity index (χ3n) is 6.23. The van der Waals surface area contributed by atoms with Crippen LogP contribution in [0.25, 0.3) is 0 Å². The summed E-state index contributed by atoms with van der Waals surface area (Å²) in [6.45, 7) is 0.871. The van der Waals surface area contributed by atoms with Gasteiger partial charge in [0.1, 0.15) is 5.75 Å². The van der Waals surface area contributed by atoms with Crippen molar-refractivity contribution in [3.05, 3.63) is 48.0 Å². The van der Waals surface area contributed by atoms with Crippen LogP contribution >= 0.6 is 0 Å². The van der Waals surface area contributed by atoms with E-state index in [1.807, 2.05) is 5.32 Å². The van der Waals surface area contributed by atoms with E-state index in [2.05, 4.69) is 4.74 Å². The third-order valence-corrected chi connectivity index (χ3v) is 8.03. The van der Waals surface area contributed by atoms with E-state index >= 15 is 0 Å². The molecule has 0 fully saturated rings. The number of rotatable bonds is 11. The van der Waals surface area contributed by atoms with Crippen molar-refractivity contribution in [2.75, 3.05) is 22.8 Å². The van der Waals surface area contributed by atoms with E-state index in [4.69, 9.17) is 0 Å². The highest BCUT2D eigenvalue weighted by molar-refractivity contribution is 7.92. The van der Waals surface area contributed by atoms with Crippen LogP contribution in [0.3, 0.4) is 0 Å². The van der Waals surface area contributed by atoms with Gasteiger partial charge in [-0.15, -0.1) is 0 Å². The van der Waals surface area contributed by atoms with E-state index in [0.29, 0.717) is 30.3 Å². The third kappa shape index (κ3) is 7.96. The molecule has 4 N–H and O–H groups in total. The molecule has 234 valence electrons. The van der Waals surface area contributed by atoms with Crippen LogP contribution in [0, 0.1) is 5.41 Å². The number of nitrogens with zero attached hydrogens (tertiary/aromatic N) is 1. The molecule has 0 radical (unpaired) electrons. The Bertz CT molecular complexity index is 1410. The van der Waals surface area contributed by atoms with Gasteiger partial charge in [0.2, 0.25) is 5.60 Å². The second-order valence-electron chi connectivity index (χ2n) is 9.96. The SMILES string of the molecule is CC(CO)(CCCN(c1cc(NC(=O)OC(C)(C)C(F)(F)F)ccc1O)S(=O)(=O)c1cccc(C(F)(F)F)c1)C(=O)O. The molecule has 17 heteroatoms. The van der Waals surface area contributed by atoms with Crippen LogP contribution in [0.4, 0.5) is 42.5 Å². The van der Waals surface area contributed by atoms with Crippen molar-refractivity contribution in [3.8, 4) is 5.75 Å². The number of aliphatic carboxylic acids is 1. The van der Waals surface area contributed by atoms with Crippen molar-refractivity contribution in [2.24, 2.45) is 5.41 Å². The average Bonchev–Trinajstić information content (AvgIpc) is 2.86. The molecular formula is C25H28F6N2O8S. The minimum absolute atomic E-state index is 0.291. The van der Waals surface area contributed by atoms with E-state index < -0.39 is 80.5 Å². The summed E-state index contributed by atoms with van der Waals surface area (Å²) in [4.78, 5) is 22.8. The molecule has 1 atom stereocenters. The predicted molar refractivity (Wildman–Crippen MR) is 136 cm³/mol. The van der Waals surface area contributed by atoms with Crippen LogP contribution < -0.4 is 9.62 Å². The van der Waals surface area contributed by atoms with Crippen LogP contribution in [-0.2, 0) is 25.7 Å². The summed E-state index contributed by atoms with van der Waals surface area (Å²) in [5.41, 5.74) is -6.91. The second-order valence-corrected chi connectivity index (χ2v) is 11.8. The molecule has 2 aromatic rings. The number of benzene rings is 2. The lowest BCUT2D eigenvalue weighted by Gasteiger charge is -2.29. The number of aromatic hydroxyl groups is 1. The summed E-state index contributed by atoms with van der Waals surface area (Å²) < 4.78 is 111. The molecular weight excluding hydrogens is 602 g/mol. The number of carboxylic acids is 1. The molecule has 1 unspecified atom stereocenters. The van der Waals surface area contributed by atoms with Crippen LogP contribution in [0.15, 0.2) is 47.4 Å². The fourth-order valence-electron chi connectivity index (χ4n) is 3.43. The quantitative estimate of drug-likeness (QED) is 0.191. The van der Waals surface area contributed by atoms with Crippen molar-refractivity contribution in [1.29, 1.82) is 0 Å². The van der Waals surface area contributed by atoms with Crippen molar-refractivity contribution in [2.45, 2.75) is 56.5 Å². The van der Waals surface area contributed by atoms with E-state index in [-0.39, 0.29) is 18.5 Å². The number of amides is 1. The van der Waals surface area contributed by atoms with Gasteiger partial charge in [0.15, 0.2) is 0 Å². The molecule has 0 saturated heterocycles. The monoisotopic (exact) mass is 630 g/mol. The summed E-state index contributed by atoms with van der Waals surface area (Å²) in [6.07, 6.45) is -12.1. The minimum atomic E-state index is -4.95. The van der Waals surface area contributed by atoms with E-state index in [1.165, 1.54) is 6.92 Å². The molecule has 2 rings (SSSR count). The summed E-state index contributed by atoms with van der Waals surface area (Å²) >= 11 is 0. The largest absolute Gasteiger partial charge is 0.506 e. The van der Waals surface area contributed by atoms with Crippen molar-refractivity contribution >= 4 is 33.5 Å². The number of carboxylic acid groups (broad SMARTS) is 1. The fraction of sp³-hybridized carbons (Fsp3) is 0.440. The predicted octanol–water partition coefficient (Wildman–Crippen LogP) is 5.36. The maximum atomic E-state index is 13.6. The molecule has 0 aliphatic carbocycles. The number of anilines is 2. The smallest absolute Gasteiger partial charge is 0.427 e. The maximum absolute atomic E-state index is 13.6. The first-order chi connectivity index (χ1) is 19.0. The molecule has 10 nitrogen and oxygen atoms in total. The number of hydrogen-bond donors (Lipinski definition) is 4. The molecule has 42 heavy (non-hydrogen) atoms. The maximum Gasteiger partial charge on any atom is 0.427 e. The molecule has 0 heterocycles. The number of phenols is 1. The van der Waals surface area contributed by atoms with Gasteiger partial charge in [0.05, 0.1) is 28.2 Å². The summed E-state index contributed by atoms with van der Waals surface area (Å²) in [7, 11) is -4.93. The number of hydrogen-bond acceptors (Lipinski definition) is 7. The van der Waals surface area contributed by atoms with Crippen LogP contribution in [0.2, 0.25) is 0 Å². The first-order valence-electron chi connectivity index (χ1n) is 12.0. The van der Waals surface area contributed by atoms with Crippen LogP contribution in [0.5, 0.6) is 5.75 Å². The van der Waals surface area contributed by atoms with E-state index in [9.17, 15) is 59.7 Å². The van der Waals surface area contributed by atoms with Gasteiger partial charge in [-0.2, -0.15) is 26.3 Å².